The maximum Gasteiger partial charge on any atom is 0.233 e. The maximum atomic E-state index is 5.45. The molecule has 0 spiro atoms. The number of aromatic nitrogens is 4. The molecule has 3 aromatic rings. The highest BCUT2D eigenvalue weighted by Gasteiger charge is 2.33. The second-order valence-corrected chi connectivity index (χ2v) is 6.35. The molecule has 1 saturated heterocycles. The first kappa shape index (κ1) is 14.8. The second kappa shape index (κ2) is 6.03. The van der Waals surface area contributed by atoms with Crippen LogP contribution >= 0.6 is 0 Å². The Bertz CT molecular complexity index is 824. The van der Waals surface area contributed by atoms with Crippen molar-refractivity contribution >= 4 is 5.82 Å². The highest BCUT2D eigenvalue weighted by molar-refractivity contribution is 5.54. The minimum atomic E-state index is 0.257. The van der Waals surface area contributed by atoms with Crippen molar-refractivity contribution in [2.45, 2.75) is 25.7 Å². The molecule has 3 heterocycles. The van der Waals surface area contributed by atoms with E-state index in [2.05, 4.69) is 38.9 Å². The summed E-state index contributed by atoms with van der Waals surface area (Å²) in [6.07, 6.45) is 1.82. The summed E-state index contributed by atoms with van der Waals surface area (Å²) in [5.74, 6) is 3.77. The minimum absolute atomic E-state index is 0.257. The van der Waals surface area contributed by atoms with Gasteiger partial charge in [-0.2, -0.15) is 4.98 Å². The predicted molar refractivity (Wildman–Crippen MR) is 90.8 cm³/mol. The number of hydrogen-bond acceptors (Lipinski definition) is 6. The summed E-state index contributed by atoms with van der Waals surface area (Å²) in [5, 5.41) is 4.09. The van der Waals surface area contributed by atoms with E-state index in [-0.39, 0.29) is 5.92 Å². The molecule has 0 N–H and O–H groups in total. The molecule has 0 atom stereocenters. The molecular formula is C18H19N5O. The van der Waals surface area contributed by atoms with E-state index in [1.165, 1.54) is 0 Å². The van der Waals surface area contributed by atoms with E-state index >= 15 is 0 Å². The normalized spacial score (nSPS) is 14.9. The Morgan fingerprint density at radius 3 is 2.62 bits per heavy atom. The number of benzene rings is 1. The van der Waals surface area contributed by atoms with Crippen LogP contribution in [-0.4, -0.2) is 33.2 Å². The van der Waals surface area contributed by atoms with Gasteiger partial charge in [-0.3, -0.25) is 0 Å². The first-order valence-corrected chi connectivity index (χ1v) is 8.17. The van der Waals surface area contributed by atoms with E-state index in [1.54, 1.807) is 0 Å². The Balaban J connectivity index is 1.45. The van der Waals surface area contributed by atoms with E-state index in [0.717, 1.165) is 30.3 Å². The zero-order valence-electron chi connectivity index (χ0n) is 13.8. The van der Waals surface area contributed by atoms with Crippen molar-refractivity contribution in [3.63, 3.8) is 0 Å². The van der Waals surface area contributed by atoms with Crippen LogP contribution in [0.15, 0.2) is 47.1 Å². The molecule has 24 heavy (non-hydrogen) atoms. The molecule has 1 fully saturated rings. The summed E-state index contributed by atoms with van der Waals surface area (Å²) in [7, 11) is 0. The van der Waals surface area contributed by atoms with Gasteiger partial charge in [-0.1, -0.05) is 49.3 Å². The number of anilines is 1. The van der Waals surface area contributed by atoms with Gasteiger partial charge in [-0.25, -0.2) is 9.97 Å². The summed E-state index contributed by atoms with van der Waals surface area (Å²) in [6.45, 7) is 5.87. The Morgan fingerprint density at radius 2 is 1.88 bits per heavy atom. The molecule has 0 saturated carbocycles. The van der Waals surface area contributed by atoms with Gasteiger partial charge in [0.15, 0.2) is 0 Å². The Kier molecular flexibility index (Phi) is 3.72. The molecular weight excluding hydrogens is 302 g/mol. The number of rotatable bonds is 4. The summed E-state index contributed by atoms with van der Waals surface area (Å²) >= 11 is 0. The second-order valence-electron chi connectivity index (χ2n) is 6.35. The van der Waals surface area contributed by atoms with Crippen LogP contribution in [0.4, 0.5) is 5.82 Å². The van der Waals surface area contributed by atoms with Crippen LogP contribution in [0.2, 0.25) is 0 Å². The SMILES string of the molecule is CC(C)c1nccc(N2CC(c3nc(-c4ccccc4)no3)C2)n1. The quantitative estimate of drug-likeness (QED) is 0.735. The summed E-state index contributed by atoms with van der Waals surface area (Å²) < 4.78 is 5.45. The first-order valence-electron chi connectivity index (χ1n) is 8.17. The summed E-state index contributed by atoms with van der Waals surface area (Å²) in [6, 6.07) is 11.8. The molecule has 6 nitrogen and oxygen atoms in total. The Labute approximate surface area is 140 Å². The number of hydrogen-bond donors (Lipinski definition) is 0. The average molecular weight is 321 g/mol. The van der Waals surface area contributed by atoms with Crippen molar-refractivity contribution in [2.24, 2.45) is 0 Å². The van der Waals surface area contributed by atoms with Gasteiger partial charge in [0.2, 0.25) is 11.7 Å². The molecule has 1 aromatic carbocycles. The van der Waals surface area contributed by atoms with Gasteiger partial charge in [0, 0.05) is 30.8 Å². The predicted octanol–water partition coefficient (Wildman–Crippen LogP) is 3.25. The smallest absolute Gasteiger partial charge is 0.233 e. The standard InChI is InChI=1S/C18H19N5O/c1-12(2)16-19-9-8-15(20-16)23-10-14(11-23)18-21-17(22-24-18)13-6-4-3-5-7-13/h3-9,12,14H,10-11H2,1-2H3. The lowest BCUT2D eigenvalue weighted by molar-refractivity contribution is 0.328. The topological polar surface area (TPSA) is 67.9 Å². The van der Waals surface area contributed by atoms with Gasteiger partial charge in [0.25, 0.3) is 0 Å². The zero-order chi connectivity index (χ0) is 16.5. The van der Waals surface area contributed by atoms with Crippen LogP contribution < -0.4 is 4.90 Å². The van der Waals surface area contributed by atoms with Gasteiger partial charge in [0.05, 0.1) is 5.92 Å². The first-order chi connectivity index (χ1) is 11.7. The molecule has 1 aliphatic heterocycles. The maximum absolute atomic E-state index is 5.45. The zero-order valence-corrected chi connectivity index (χ0v) is 13.8. The fourth-order valence-corrected chi connectivity index (χ4v) is 2.75. The largest absolute Gasteiger partial charge is 0.355 e. The highest BCUT2D eigenvalue weighted by Crippen LogP contribution is 2.31. The van der Waals surface area contributed by atoms with Crippen molar-refractivity contribution in [3.05, 3.63) is 54.3 Å². The lowest BCUT2D eigenvalue weighted by Crippen LogP contribution is -2.45. The van der Waals surface area contributed by atoms with Crippen molar-refractivity contribution in [2.75, 3.05) is 18.0 Å². The van der Waals surface area contributed by atoms with Gasteiger partial charge in [-0.15, -0.1) is 0 Å². The molecule has 0 aliphatic carbocycles. The van der Waals surface area contributed by atoms with E-state index < -0.39 is 0 Å². The van der Waals surface area contributed by atoms with E-state index in [9.17, 15) is 0 Å². The van der Waals surface area contributed by atoms with Crippen LogP contribution in [0.1, 0.15) is 37.4 Å². The lowest BCUT2D eigenvalue weighted by atomic mass is 10.0. The van der Waals surface area contributed by atoms with Crippen molar-refractivity contribution in [1.29, 1.82) is 0 Å². The third-order valence-electron chi connectivity index (χ3n) is 4.20. The number of nitrogens with zero attached hydrogens (tertiary/aromatic N) is 5. The molecule has 2 aromatic heterocycles. The highest BCUT2D eigenvalue weighted by atomic mass is 16.5. The fraction of sp³-hybridized carbons (Fsp3) is 0.333. The van der Waals surface area contributed by atoms with Crippen LogP contribution in [-0.2, 0) is 0 Å². The lowest BCUT2D eigenvalue weighted by Gasteiger charge is -2.38. The van der Waals surface area contributed by atoms with E-state index in [0.29, 0.717) is 17.6 Å². The Hall–Kier alpha value is -2.76. The van der Waals surface area contributed by atoms with Crippen molar-refractivity contribution < 1.29 is 4.52 Å². The van der Waals surface area contributed by atoms with Crippen molar-refractivity contribution in [1.82, 2.24) is 20.1 Å². The molecule has 1 aliphatic rings. The van der Waals surface area contributed by atoms with Crippen molar-refractivity contribution in [3.8, 4) is 11.4 Å². The molecule has 4 rings (SSSR count). The van der Waals surface area contributed by atoms with Gasteiger partial charge in [-0.05, 0) is 6.07 Å². The van der Waals surface area contributed by atoms with E-state index in [1.807, 2.05) is 42.6 Å². The average Bonchev–Trinajstić information content (AvgIpc) is 3.04. The molecule has 0 radical (unpaired) electrons. The molecule has 0 bridgehead atoms. The third-order valence-corrected chi connectivity index (χ3v) is 4.20. The molecule has 122 valence electrons. The molecule has 6 heteroatoms. The monoisotopic (exact) mass is 321 g/mol. The fourth-order valence-electron chi connectivity index (χ4n) is 2.75. The van der Waals surface area contributed by atoms with Gasteiger partial charge < -0.3 is 9.42 Å². The third kappa shape index (κ3) is 2.75. The van der Waals surface area contributed by atoms with Crippen LogP contribution in [0.5, 0.6) is 0 Å². The van der Waals surface area contributed by atoms with Gasteiger partial charge >= 0.3 is 0 Å². The molecule has 0 amide bonds. The van der Waals surface area contributed by atoms with Crippen LogP contribution in [0.25, 0.3) is 11.4 Å². The van der Waals surface area contributed by atoms with Crippen LogP contribution in [0.3, 0.4) is 0 Å². The summed E-state index contributed by atoms with van der Waals surface area (Å²) in [5.41, 5.74) is 0.973. The van der Waals surface area contributed by atoms with Gasteiger partial charge in [0.1, 0.15) is 11.6 Å². The Morgan fingerprint density at radius 1 is 1.08 bits per heavy atom. The van der Waals surface area contributed by atoms with E-state index in [4.69, 9.17) is 4.52 Å². The minimum Gasteiger partial charge on any atom is -0.355 e. The van der Waals surface area contributed by atoms with Crippen LogP contribution in [0, 0.1) is 0 Å². The molecule has 0 unspecified atom stereocenters. The summed E-state index contributed by atoms with van der Waals surface area (Å²) in [4.78, 5) is 15.7.